The van der Waals surface area contributed by atoms with Crippen LogP contribution >= 0.6 is 0 Å². The zero-order valence-corrected chi connectivity index (χ0v) is 64.8. The molecule has 0 spiro atoms. The molecule has 0 aliphatic carbocycles. The monoisotopic (exact) mass is 1430 g/mol. The Bertz CT molecular complexity index is 2140. The van der Waals surface area contributed by atoms with Crippen molar-refractivity contribution in [1.29, 1.82) is 0 Å². The maximum atomic E-state index is 13.4. The predicted molar refractivity (Wildman–Crippen MR) is 424 cm³/mol. The molecule has 0 aromatic rings. The summed E-state index contributed by atoms with van der Waals surface area (Å²) >= 11 is 0. The van der Waals surface area contributed by atoms with E-state index >= 15 is 0 Å². The molecule has 14 heteroatoms. The highest BCUT2D eigenvalue weighted by atomic mass is 16.7. The molecule has 12 atom stereocenters. The number of unbranched alkanes of at least 4 members (excludes halogenated alkanes) is 41. The third-order valence-electron chi connectivity index (χ3n) is 19.9. The van der Waals surface area contributed by atoms with Gasteiger partial charge in [0.25, 0.3) is 0 Å². The number of rotatable bonds is 70. The van der Waals surface area contributed by atoms with Crippen molar-refractivity contribution in [2.45, 2.75) is 421 Å². The second-order valence-electron chi connectivity index (χ2n) is 29.2. The summed E-state index contributed by atoms with van der Waals surface area (Å²) in [5, 5.41) is 87.7. The largest absolute Gasteiger partial charge is 0.394 e. The van der Waals surface area contributed by atoms with Gasteiger partial charge >= 0.3 is 0 Å². The van der Waals surface area contributed by atoms with Crippen molar-refractivity contribution >= 4 is 5.91 Å². The average Bonchev–Trinajstić information content (AvgIpc) is 0.790. The van der Waals surface area contributed by atoms with Gasteiger partial charge in [-0.15, -0.1) is 0 Å². The van der Waals surface area contributed by atoms with Gasteiger partial charge in [0.2, 0.25) is 5.91 Å². The summed E-state index contributed by atoms with van der Waals surface area (Å²) in [6.07, 6.45) is 86.1. The maximum Gasteiger partial charge on any atom is 0.220 e. The Morgan fingerprint density at radius 3 is 1.08 bits per heavy atom. The molecule has 0 aromatic carbocycles. The van der Waals surface area contributed by atoms with E-state index in [0.717, 1.165) is 77.0 Å². The molecule has 1 amide bonds. The number of carbonyl (C=O) groups excluding carboxylic acids is 1. The number of nitrogens with one attached hydrogen (secondary N) is 1. The number of hydrogen-bond donors (Lipinski definition) is 9. The number of allylic oxidation sites excluding steroid dienone is 17. The number of aliphatic hydroxyl groups is 8. The van der Waals surface area contributed by atoms with Crippen molar-refractivity contribution < 1.29 is 64.6 Å². The molecule has 2 saturated heterocycles. The van der Waals surface area contributed by atoms with E-state index in [0.29, 0.717) is 12.8 Å². The van der Waals surface area contributed by atoms with E-state index in [2.05, 4.69) is 116 Å². The highest BCUT2D eigenvalue weighted by molar-refractivity contribution is 5.76. The summed E-state index contributed by atoms with van der Waals surface area (Å²) in [6, 6.07) is -0.940. The maximum absolute atomic E-state index is 13.4. The van der Waals surface area contributed by atoms with Crippen molar-refractivity contribution in [3.05, 3.63) is 109 Å². The smallest absolute Gasteiger partial charge is 0.220 e. The van der Waals surface area contributed by atoms with Crippen LogP contribution in [0.5, 0.6) is 0 Å². The molecule has 14 nitrogen and oxygen atoms in total. The zero-order chi connectivity index (χ0) is 73.7. The minimum absolute atomic E-state index is 0.248. The normalized spacial score (nSPS) is 22.2. The molecule has 12 unspecified atom stereocenters. The quantitative estimate of drug-likeness (QED) is 0.0204. The third kappa shape index (κ3) is 52.6. The van der Waals surface area contributed by atoms with Crippen LogP contribution in [0.4, 0.5) is 0 Å². The van der Waals surface area contributed by atoms with Gasteiger partial charge in [-0.1, -0.05) is 361 Å². The minimum Gasteiger partial charge on any atom is -0.394 e. The predicted octanol–water partition coefficient (Wildman–Crippen LogP) is 19.8. The average molecular weight is 1440 g/mol. The van der Waals surface area contributed by atoms with Crippen molar-refractivity contribution in [1.82, 2.24) is 5.32 Å². The first-order chi connectivity index (χ1) is 50.1. The van der Waals surface area contributed by atoms with E-state index in [1.54, 1.807) is 6.08 Å². The third-order valence-corrected chi connectivity index (χ3v) is 19.9. The molecule has 102 heavy (non-hydrogen) atoms. The molecule has 2 fully saturated rings. The van der Waals surface area contributed by atoms with Gasteiger partial charge in [0.05, 0.1) is 32.0 Å². The topological polar surface area (TPSA) is 228 Å². The molecule has 2 rings (SSSR count). The number of aliphatic hydroxyl groups excluding tert-OH is 8. The summed E-state index contributed by atoms with van der Waals surface area (Å²) in [4.78, 5) is 13.4. The number of amides is 1. The Hall–Kier alpha value is -3.35. The van der Waals surface area contributed by atoms with Gasteiger partial charge in [0.15, 0.2) is 12.6 Å². The first-order valence-corrected chi connectivity index (χ1v) is 42.1. The van der Waals surface area contributed by atoms with Gasteiger partial charge in [0, 0.05) is 6.42 Å². The second kappa shape index (κ2) is 70.6. The first kappa shape index (κ1) is 94.7. The van der Waals surface area contributed by atoms with E-state index in [-0.39, 0.29) is 18.9 Å². The van der Waals surface area contributed by atoms with Crippen LogP contribution in [-0.2, 0) is 23.7 Å². The first-order valence-electron chi connectivity index (χ1n) is 42.1. The van der Waals surface area contributed by atoms with Crippen molar-refractivity contribution in [2.24, 2.45) is 0 Å². The molecule has 0 bridgehead atoms. The van der Waals surface area contributed by atoms with Crippen LogP contribution in [0.1, 0.15) is 348 Å². The van der Waals surface area contributed by atoms with Crippen LogP contribution in [0.15, 0.2) is 109 Å². The molecule has 0 radical (unpaired) electrons. The molecule has 590 valence electrons. The summed E-state index contributed by atoms with van der Waals surface area (Å²) in [6.45, 7) is 2.71. The number of hydrogen-bond acceptors (Lipinski definition) is 13. The summed E-state index contributed by atoms with van der Waals surface area (Å²) < 4.78 is 22.9. The van der Waals surface area contributed by atoms with E-state index in [9.17, 15) is 45.6 Å². The zero-order valence-electron chi connectivity index (χ0n) is 64.8. The lowest BCUT2D eigenvalue weighted by molar-refractivity contribution is -0.359. The van der Waals surface area contributed by atoms with Crippen LogP contribution in [0.2, 0.25) is 0 Å². The summed E-state index contributed by atoms with van der Waals surface area (Å²) in [5.41, 5.74) is 0. The molecule has 0 aromatic heterocycles. The lowest BCUT2D eigenvalue weighted by Gasteiger charge is -2.46. The summed E-state index contributed by atoms with van der Waals surface area (Å²) in [7, 11) is 0. The molecular formula is C88H155NO13. The van der Waals surface area contributed by atoms with E-state index < -0.39 is 86.8 Å². The Morgan fingerprint density at radius 1 is 0.363 bits per heavy atom. The van der Waals surface area contributed by atoms with Gasteiger partial charge in [-0.25, -0.2) is 0 Å². The Labute approximate surface area is 623 Å². The Balaban J connectivity index is 1.61. The number of carbonyl (C=O) groups is 1. The molecular weight excluding hydrogens is 1280 g/mol. The van der Waals surface area contributed by atoms with Gasteiger partial charge < -0.3 is 65.1 Å². The van der Waals surface area contributed by atoms with Crippen LogP contribution in [-0.4, -0.2) is 140 Å². The fraction of sp³-hybridized carbons (Fsp3) is 0.784. The highest BCUT2D eigenvalue weighted by Crippen LogP contribution is 2.30. The lowest BCUT2D eigenvalue weighted by Crippen LogP contribution is -2.65. The van der Waals surface area contributed by atoms with E-state index in [4.69, 9.17) is 18.9 Å². The van der Waals surface area contributed by atoms with Gasteiger partial charge in [-0.3, -0.25) is 4.79 Å². The highest BCUT2D eigenvalue weighted by Gasteiger charge is 2.51. The Kier molecular flexibility index (Phi) is 65.6. The van der Waals surface area contributed by atoms with Crippen molar-refractivity contribution in [3.63, 3.8) is 0 Å². The van der Waals surface area contributed by atoms with Gasteiger partial charge in [-0.05, 0) is 89.9 Å². The molecule has 9 N–H and O–H groups in total. The van der Waals surface area contributed by atoms with Crippen LogP contribution < -0.4 is 5.32 Å². The summed E-state index contributed by atoms with van der Waals surface area (Å²) in [5.74, 6) is -0.248. The minimum atomic E-state index is -1.80. The van der Waals surface area contributed by atoms with E-state index in [1.807, 2.05) is 6.08 Å². The standard InChI is InChI=1S/C88H155NO13/c1-3-5-7-9-11-13-15-17-19-21-23-25-27-29-31-33-35-36-37-38-39-40-42-44-46-48-50-52-54-56-58-60-62-64-66-68-70-72-80(93)89-76(75-99-87-85(98)83(96)86(79(74-91)101-87)102-88-84(97)82(95)81(94)78(73-90)100-88)77(92)71-69-67-65-63-61-59-57-55-53-51-49-47-45-43-41-34-32-30-28-26-24-22-20-18-16-14-12-10-8-6-4-2/h5,7,11,13,17,19,23,25,29,31,35-36,38-39,61,63,69,71,76-79,81-88,90-92,94-98H,3-4,6,8-10,12,14-16,18,20-22,24,26-28,30,32-34,37,40-60,62,64-68,70,72-75H2,1-2H3,(H,89,93)/b7-5-,13-11-,19-17-,25-23-,31-29-,36-35-,39-38-,63-61+,71-69+. The molecule has 0 saturated carbocycles. The SMILES string of the molecule is CC/C=C\C/C=C\C/C=C\C/C=C\C/C=C\C/C=C\C/C=C\CCCCCCCCCCCCCCCCCC(=O)NC(COC1OC(CO)C(OC2OC(CO)C(O)C(O)C2O)C(O)C1O)C(O)/C=C/CC/C=C/CCCCCCCCCCCCCCCCCCCCCCCCCCC. The van der Waals surface area contributed by atoms with Crippen molar-refractivity contribution in [2.75, 3.05) is 19.8 Å². The van der Waals surface area contributed by atoms with Gasteiger partial charge in [0.1, 0.15) is 48.8 Å². The molecule has 2 aliphatic heterocycles. The van der Waals surface area contributed by atoms with Crippen molar-refractivity contribution in [3.8, 4) is 0 Å². The van der Waals surface area contributed by atoms with Crippen LogP contribution in [0.3, 0.4) is 0 Å². The molecule has 2 aliphatic rings. The van der Waals surface area contributed by atoms with Crippen LogP contribution in [0.25, 0.3) is 0 Å². The fourth-order valence-electron chi connectivity index (χ4n) is 13.4. The lowest BCUT2D eigenvalue weighted by atomic mass is 9.97. The second-order valence-corrected chi connectivity index (χ2v) is 29.2. The number of ether oxygens (including phenoxy) is 4. The van der Waals surface area contributed by atoms with Gasteiger partial charge in [-0.2, -0.15) is 0 Å². The fourth-order valence-corrected chi connectivity index (χ4v) is 13.4. The van der Waals surface area contributed by atoms with Crippen LogP contribution in [0, 0.1) is 0 Å². The Morgan fingerprint density at radius 2 is 0.686 bits per heavy atom. The van der Waals surface area contributed by atoms with E-state index in [1.165, 1.54) is 238 Å². The molecule has 2 heterocycles.